The summed E-state index contributed by atoms with van der Waals surface area (Å²) in [6.45, 7) is 0. The normalized spacial score (nSPS) is 11.0. The van der Waals surface area contributed by atoms with Crippen molar-refractivity contribution in [3.05, 3.63) is 65.7 Å². The van der Waals surface area contributed by atoms with Crippen LogP contribution in [0, 0.1) is 0 Å². The molecule has 0 aromatic heterocycles. The molecule has 2 aromatic carbocycles. The van der Waals surface area contributed by atoms with Crippen LogP contribution in [0.1, 0.15) is 11.1 Å². The van der Waals surface area contributed by atoms with E-state index >= 15 is 0 Å². The van der Waals surface area contributed by atoms with Gasteiger partial charge in [0.25, 0.3) is 0 Å². The molecule has 0 aliphatic rings. The van der Waals surface area contributed by atoms with Crippen molar-refractivity contribution in [2.75, 3.05) is 21.3 Å². The van der Waals surface area contributed by atoms with Crippen molar-refractivity contribution in [2.45, 2.75) is 0 Å². The third-order valence-electron chi connectivity index (χ3n) is 3.18. The van der Waals surface area contributed by atoms with Crippen molar-refractivity contribution in [1.29, 1.82) is 0 Å². The minimum absolute atomic E-state index is 0.776. The maximum absolute atomic E-state index is 5.25. The van der Waals surface area contributed by atoms with Crippen molar-refractivity contribution in [3.63, 3.8) is 0 Å². The summed E-state index contributed by atoms with van der Waals surface area (Å²) in [7, 11) is 4.95. The Kier molecular flexibility index (Phi) is 5.66. The standard InChI is InChI=1S/C19H20O3/c1-20-17-10-8-15(9-11-17)6-4-5-7-16-12-18(21-2)14-19(13-16)22-3/h4-14H,1-3H3. The molecule has 0 amide bonds. The molecule has 0 N–H and O–H groups in total. The zero-order valence-corrected chi connectivity index (χ0v) is 13.1. The van der Waals surface area contributed by atoms with Crippen LogP contribution < -0.4 is 14.2 Å². The highest BCUT2D eigenvalue weighted by atomic mass is 16.5. The van der Waals surface area contributed by atoms with Crippen LogP contribution in [0.3, 0.4) is 0 Å². The molecule has 114 valence electrons. The summed E-state index contributed by atoms with van der Waals surface area (Å²) in [6.07, 6.45) is 8.02. The largest absolute Gasteiger partial charge is 0.497 e. The second kappa shape index (κ2) is 7.93. The molecule has 0 saturated heterocycles. The summed E-state index contributed by atoms with van der Waals surface area (Å²) in [6, 6.07) is 13.7. The van der Waals surface area contributed by atoms with E-state index in [-0.39, 0.29) is 0 Å². The van der Waals surface area contributed by atoms with Gasteiger partial charge in [0, 0.05) is 6.07 Å². The van der Waals surface area contributed by atoms with E-state index in [1.165, 1.54) is 0 Å². The van der Waals surface area contributed by atoms with Gasteiger partial charge in [-0.2, -0.15) is 0 Å². The van der Waals surface area contributed by atoms with Gasteiger partial charge < -0.3 is 14.2 Å². The Labute approximate surface area is 131 Å². The molecule has 0 heterocycles. The molecule has 0 atom stereocenters. The number of rotatable bonds is 6. The summed E-state index contributed by atoms with van der Waals surface area (Å²) >= 11 is 0. The quantitative estimate of drug-likeness (QED) is 0.738. The first-order valence-electron chi connectivity index (χ1n) is 6.97. The lowest BCUT2D eigenvalue weighted by atomic mass is 10.1. The van der Waals surface area contributed by atoms with E-state index in [2.05, 4.69) is 0 Å². The molecule has 22 heavy (non-hydrogen) atoms. The highest BCUT2D eigenvalue weighted by Gasteiger charge is 1.98. The van der Waals surface area contributed by atoms with Gasteiger partial charge in [-0.15, -0.1) is 0 Å². The topological polar surface area (TPSA) is 27.7 Å². The Morgan fingerprint density at radius 3 is 1.59 bits per heavy atom. The Morgan fingerprint density at radius 2 is 1.09 bits per heavy atom. The van der Waals surface area contributed by atoms with E-state index in [9.17, 15) is 0 Å². The van der Waals surface area contributed by atoms with Gasteiger partial charge in [0.15, 0.2) is 0 Å². The van der Waals surface area contributed by atoms with Gasteiger partial charge in [0.1, 0.15) is 17.2 Å². The number of benzene rings is 2. The van der Waals surface area contributed by atoms with E-state index in [0.29, 0.717) is 0 Å². The van der Waals surface area contributed by atoms with Crippen LogP contribution in [0.15, 0.2) is 54.6 Å². The molecule has 2 rings (SSSR count). The molecule has 0 aliphatic carbocycles. The van der Waals surface area contributed by atoms with Crippen molar-refractivity contribution in [1.82, 2.24) is 0 Å². The third-order valence-corrected chi connectivity index (χ3v) is 3.18. The molecule has 3 heteroatoms. The van der Waals surface area contributed by atoms with E-state index in [4.69, 9.17) is 14.2 Å². The predicted molar refractivity (Wildman–Crippen MR) is 90.6 cm³/mol. The Hall–Kier alpha value is -2.68. The summed E-state index contributed by atoms with van der Waals surface area (Å²) in [5.74, 6) is 2.41. The lowest BCUT2D eigenvalue weighted by Gasteiger charge is -2.05. The zero-order chi connectivity index (χ0) is 15.8. The Bertz CT molecular complexity index is 633. The summed E-state index contributed by atoms with van der Waals surface area (Å²) in [5, 5.41) is 0. The molecular weight excluding hydrogens is 276 g/mol. The van der Waals surface area contributed by atoms with Gasteiger partial charge in [0.05, 0.1) is 21.3 Å². The highest BCUT2D eigenvalue weighted by Crippen LogP contribution is 2.23. The second-order valence-corrected chi connectivity index (χ2v) is 4.64. The fourth-order valence-electron chi connectivity index (χ4n) is 1.97. The Balaban J connectivity index is 2.06. The van der Waals surface area contributed by atoms with Gasteiger partial charge in [-0.3, -0.25) is 0 Å². The first kappa shape index (κ1) is 15.7. The smallest absolute Gasteiger partial charge is 0.123 e. The summed E-state index contributed by atoms with van der Waals surface area (Å²) in [5.41, 5.74) is 2.14. The van der Waals surface area contributed by atoms with E-state index < -0.39 is 0 Å². The minimum atomic E-state index is 0.776. The second-order valence-electron chi connectivity index (χ2n) is 4.64. The maximum Gasteiger partial charge on any atom is 0.123 e. The SMILES string of the molecule is COc1ccc(C=CC=Cc2cc(OC)cc(OC)c2)cc1. The van der Waals surface area contributed by atoms with Crippen LogP contribution in [0.25, 0.3) is 12.2 Å². The van der Waals surface area contributed by atoms with E-state index in [1.807, 2.05) is 66.8 Å². The van der Waals surface area contributed by atoms with Crippen LogP contribution in [0.5, 0.6) is 17.2 Å². The number of hydrogen-bond donors (Lipinski definition) is 0. The summed E-state index contributed by atoms with van der Waals surface area (Å²) < 4.78 is 15.6. The van der Waals surface area contributed by atoms with Crippen molar-refractivity contribution in [3.8, 4) is 17.2 Å². The van der Waals surface area contributed by atoms with Gasteiger partial charge in [-0.05, 0) is 35.4 Å². The van der Waals surface area contributed by atoms with Gasteiger partial charge in [-0.25, -0.2) is 0 Å². The molecule has 0 radical (unpaired) electrons. The minimum Gasteiger partial charge on any atom is -0.497 e. The van der Waals surface area contributed by atoms with Crippen molar-refractivity contribution < 1.29 is 14.2 Å². The maximum atomic E-state index is 5.25. The zero-order valence-electron chi connectivity index (χ0n) is 13.1. The van der Waals surface area contributed by atoms with Crippen LogP contribution in [0.2, 0.25) is 0 Å². The fourth-order valence-corrected chi connectivity index (χ4v) is 1.97. The first-order chi connectivity index (χ1) is 10.7. The monoisotopic (exact) mass is 296 g/mol. The third kappa shape index (κ3) is 4.42. The van der Waals surface area contributed by atoms with Gasteiger partial charge in [0.2, 0.25) is 0 Å². The number of hydrogen-bond acceptors (Lipinski definition) is 3. The average Bonchev–Trinajstić information content (AvgIpc) is 2.58. The summed E-state index contributed by atoms with van der Waals surface area (Å²) in [4.78, 5) is 0. The van der Waals surface area contributed by atoms with Crippen LogP contribution >= 0.6 is 0 Å². The molecular formula is C19H20O3. The molecule has 0 aliphatic heterocycles. The molecule has 0 bridgehead atoms. The molecule has 0 spiro atoms. The first-order valence-corrected chi connectivity index (χ1v) is 6.97. The molecule has 2 aromatic rings. The molecule has 0 fully saturated rings. The van der Waals surface area contributed by atoms with Crippen LogP contribution in [0.4, 0.5) is 0 Å². The average molecular weight is 296 g/mol. The predicted octanol–water partition coefficient (Wildman–Crippen LogP) is 4.44. The van der Waals surface area contributed by atoms with Crippen molar-refractivity contribution >= 4 is 12.2 Å². The highest BCUT2D eigenvalue weighted by molar-refractivity contribution is 5.60. The number of methoxy groups -OCH3 is 3. The lowest BCUT2D eigenvalue weighted by molar-refractivity contribution is 0.394. The number of ether oxygens (including phenoxy) is 3. The van der Waals surface area contributed by atoms with E-state index in [0.717, 1.165) is 28.4 Å². The van der Waals surface area contributed by atoms with Crippen molar-refractivity contribution in [2.24, 2.45) is 0 Å². The lowest BCUT2D eigenvalue weighted by Crippen LogP contribution is -1.87. The molecule has 0 saturated carbocycles. The van der Waals surface area contributed by atoms with Crippen LogP contribution in [-0.2, 0) is 0 Å². The molecule has 3 nitrogen and oxygen atoms in total. The van der Waals surface area contributed by atoms with Gasteiger partial charge in [-0.1, -0.05) is 36.4 Å². The number of allylic oxidation sites excluding steroid dienone is 2. The van der Waals surface area contributed by atoms with Gasteiger partial charge >= 0.3 is 0 Å². The fraction of sp³-hybridized carbons (Fsp3) is 0.158. The van der Waals surface area contributed by atoms with E-state index in [1.54, 1.807) is 21.3 Å². The Morgan fingerprint density at radius 1 is 0.591 bits per heavy atom. The molecule has 0 unspecified atom stereocenters. The van der Waals surface area contributed by atoms with Crippen LogP contribution in [-0.4, -0.2) is 21.3 Å².